The van der Waals surface area contributed by atoms with Crippen LogP contribution < -0.4 is 5.32 Å². The van der Waals surface area contributed by atoms with Gasteiger partial charge in [0.05, 0.1) is 10.5 Å². The second kappa shape index (κ2) is 6.03. The quantitative estimate of drug-likeness (QED) is 0.862. The van der Waals surface area contributed by atoms with E-state index in [4.69, 9.17) is 11.6 Å². The standard InChI is InChI=1S/C13H17ClN4S/c14-13-9-10-11(3-1-4-12(10)19-13)15-5-2-7-18-8-6-16-17-18/h6,8-9,11,15H,1-5,7H2. The van der Waals surface area contributed by atoms with E-state index in [-0.39, 0.29) is 0 Å². The molecule has 2 aromatic heterocycles. The monoisotopic (exact) mass is 296 g/mol. The number of hydrogen-bond acceptors (Lipinski definition) is 4. The lowest BCUT2D eigenvalue weighted by Crippen LogP contribution is -2.25. The summed E-state index contributed by atoms with van der Waals surface area (Å²) in [7, 11) is 0. The summed E-state index contributed by atoms with van der Waals surface area (Å²) in [4.78, 5) is 1.46. The van der Waals surface area contributed by atoms with Crippen LogP contribution >= 0.6 is 22.9 Å². The Morgan fingerprint density at radius 2 is 2.47 bits per heavy atom. The fourth-order valence-corrected chi connectivity index (χ4v) is 3.99. The van der Waals surface area contributed by atoms with Gasteiger partial charge >= 0.3 is 0 Å². The predicted octanol–water partition coefficient (Wildman–Crippen LogP) is 3.05. The van der Waals surface area contributed by atoms with E-state index in [1.54, 1.807) is 17.5 Å². The van der Waals surface area contributed by atoms with Crippen LogP contribution in [0.4, 0.5) is 0 Å². The number of rotatable bonds is 5. The van der Waals surface area contributed by atoms with Gasteiger partial charge in [-0.3, -0.25) is 4.68 Å². The predicted molar refractivity (Wildman–Crippen MR) is 77.6 cm³/mol. The molecule has 0 fully saturated rings. The van der Waals surface area contributed by atoms with E-state index in [0.29, 0.717) is 6.04 Å². The van der Waals surface area contributed by atoms with Gasteiger partial charge in [0.25, 0.3) is 0 Å². The van der Waals surface area contributed by atoms with Crippen molar-refractivity contribution in [3.8, 4) is 0 Å². The van der Waals surface area contributed by atoms with Crippen molar-refractivity contribution in [2.24, 2.45) is 0 Å². The van der Waals surface area contributed by atoms with Gasteiger partial charge in [-0.05, 0) is 43.9 Å². The second-order valence-corrected chi connectivity index (χ2v) is 6.62. The van der Waals surface area contributed by atoms with Crippen LogP contribution in [-0.2, 0) is 13.0 Å². The van der Waals surface area contributed by atoms with Gasteiger partial charge in [0, 0.05) is 23.7 Å². The van der Waals surface area contributed by atoms with Crippen molar-refractivity contribution in [1.29, 1.82) is 0 Å². The smallest absolute Gasteiger partial charge is 0.0934 e. The molecule has 0 aromatic carbocycles. The van der Waals surface area contributed by atoms with Crippen molar-refractivity contribution in [2.45, 2.75) is 38.3 Å². The highest BCUT2D eigenvalue weighted by atomic mass is 35.5. The van der Waals surface area contributed by atoms with Gasteiger partial charge in [0.2, 0.25) is 0 Å². The van der Waals surface area contributed by atoms with Crippen LogP contribution in [-0.4, -0.2) is 21.5 Å². The van der Waals surface area contributed by atoms with Gasteiger partial charge in [-0.2, -0.15) is 0 Å². The van der Waals surface area contributed by atoms with E-state index in [0.717, 1.165) is 23.8 Å². The Labute approximate surface area is 121 Å². The van der Waals surface area contributed by atoms with Crippen molar-refractivity contribution in [1.82, 2.24) is 20.3 Å². The Balaban J connectivity index is 1.50. The zero-order valence-electron chi connectivity index (χ0n) is 10.7. The fourth-order valence-electron chi connectivity index (χ4n) is 2.60. The number of nitrogens with zero attached hydrogens (tertiary/aromatic N) is 3. The molecule has 2 heterocycles. The van der Waals surface area contributed by atoms with Crippen molar-refractivity contribution in [3.63, 3.8) is 0 Å². The normalized spacial score (nSPS) is 18.5. The molecule has 1 unspecified atom stereocenters. The molecule has 1 atom stereocenters. The lowest BCUT2D eigenvalue weighted by Gasteiger charge is -2.23. The van der Waals surface area contributed by atoms with E-state index in [1.807, 2.05) is 10.9 Å². The molecule has 0 amide bonds. The molecular formula is C13H17ClN4S. The van der Waals surface area contributed by atoms with Crippen LogP contribution in [0, 0.1) is 0 Å². The molecule has 4 nitrogen and oxygen atoms in total. The average molecular weight is 297 g/mol. The summed E-state index contributed by atoms with van der Waals surface area (Å²) in [6.07, 6.45) is 8.33. The highest BCUT2D eigenvalue weighted by Gasteiger charge is 2.21. The molecule has 3 rings (SSSR count). The average Bonchev–Trinajstić information content (AvgIpc) is 3.02. The van der Waals surface area contributed by atoms with E-state index < -0.39 is 0 Å². The Bertz CT molecular complexity index is 523. The summed E-state index contributed by atoms with van der Waals surface area (Å²) in [6, 6.07) is 2.61. The largest absolute Gasteiger partial charge is 0.310 e. The first kappa shape index (κ1) is 13.1. The number of halogens is 1. The summed E-state index contributed by atoms with van der Waals surface area (Å²) in [5.74, 6) is 0. The zero-order valence-corrected chi connectivity index (χ0v) is 12.3. The molecule has 0 spiro atoms. The topological polar surface area (TPSA) is 42.7 Å². The zero-order chi connectivity index (χ0) is 13.1. The minimum atomic E-state index is 0.475. The van der Waals surface area contributed by atoms with E-state index in [1.165, 1.54) is 29.7 Å². The van der Waals surface area contributed by atoms with Crippen molar-refractivity contribution >= 4 is 22.9 Å². The third-order valence-electron chi connectivity index (χ3n) is 3.51. The highest BCUT2D eigenvalue weighted by Crippen LogP contribution is 2.37. The van der Waals surface area contributed by atoms with Crippen LogP contribution in [0.25, 0.3) is 0 Å². The van der Waals surface area contributed by atoms with Gasteiger partial charge in [-0.25, -0.2) is 0 Å². The van der Waals surface area contributed by atoms with Gasteiger partial charge in [0.15, 0.2) is 0 Å². The van der Waals surface area contributed by atoms with E-state index in [2.05, 4.69) is 21.7 Å². The lowest BCUT2D eigenvalue weighted by atomic mass is 9.94. The van der Waals surface area contributed by atoms with E-state index >= 15 is 0 Å². The summed E-state index contributed by atoms with van der Waals surface area (Å²) in [5, 5.41) is 11.4. The number of nitrogens with one attached hydrogen (secondary N) is 1. The first-order valence-electron chi connectivity index (χ1n) is 6.68. The molecule has 1 aliphatic rings. The molecule has 1 aliphatic carbocycles. The van der Waals surface area contributed by atoms with Gasteiger partial charge in [-0.1, -0.05) is 16.8 Å². The minimum Gasteiger partial charge on any atom is -0.310 e. The highest BCUT2D eigenvalue weighted by molar-refractivity contribution is 7.16. The molecule has 0 aliphatic heterocycles. The molecule has 2 aromatic rings. The molecule has 0 radical (unpaired) electrons. The third-order valence-corrected chi connectivity index (χ3v) is 4.85. The Kier molecular flexibility index (Phi) is 4.15. The second-order valence-electron chi connectivity index (χ2n) is 4.85. The van der Waals surface area contributed by atoms with Crippen LogP contribution in [0.15, 0.2) is 18.5 Å². The maximum absolute atomic E-state index is 6.12. The molecule has 6 heteroatoms. The van der Waals surface area contributed by atoms with Crippen LogP contribution in [0.3, 0.4) is 0 Å². The number of hydrogen-bond donors (Lipinski definition) is 1. The van der Waals surface area contributed by atoms with Crippen LogP contribution in [0.2, 0.25) is 4.34 Å². The summed E-state index contributed by atoms with van der Waals surface area (Å²) in [5.41, 5.74) is 1.42. The fraction of sp³-hybridized carbons (Fsp3) is 0.538. The molecule has 19 heavy (non-hydrogen) atoms. The number of thiophene rings is 1. The molecule has 0 bridgehead atoms. The van der Waals surface area contributed by atoms with Gasteiger partial charge in [-0.15, -0.1) is 16.4 Å². The first-order valence-corrected chi connectivity index (χ1v) is 7.88. The van der Waals surface area contributed by atoms with Gasteiger partial charge < -0.3 is 5.32 Å². The molecule has 1 N–H and O–H groups in total. The number of aryl methyl sites for hydroxylation is 2. The van der Waals surface area contributed by atoms with Crippen molar-refractivity contribution < 1.29 is 0 Å². The first-order chi connectivity index (χ1) is 9.33. The summed E-state index contributed by atoms with van der Waals surface area (Å²) >= 11 is 7.85. The van der Waals surface area contributed by atoms with Crippen molar-refractivity contribution in [3.05, 3.63) is 33.2 Å². The maximum atomic E-state index is 6.12. The van der Waals surface area contributed by atoms with Crippen LogP contribution in [0.1, 0.15) is 35.7 Å². The Morgan fingerprint density at radius 1 is 1.53 bits per heavy atom. The maximum Gasteiger partial charge on any atom is 0.0934 e. The SMILES string of the molecule is Clc1cc2c(s1)CCCC2NCCCn1ccnn1. The number of fused-ring (bicyclic) bond motifs is 1. The Hall–Kier alpha value is -0.910. The summed E-state index contributed by atoms with van der Waals surface area (Å²) < 4.78 is 2.79. The van der Waals surface area contributed by atoms with Crippen molar-refractivity contribution in [2.75, 3.05) is 6.54 Å². The minimum absolute atomic E-state index is 0.475. The van der Waals surface area contributed by atoms with Gasteiger partial charge in [0.1, 0.15) is 0 Å². The lowest BCUT2D eigenvalue weighted by molar-refractivity contribution is 0.441. The Morgan fingerprint density at radius 3 is 3.32 bits per heavy atom. The molecule has 102 valence electrons. The molecule has 0 saturated heterocycles. The molecular weight excluding hydrogens is 280 g/mol. The summed E-state index contributed by atoms with van der Waals surface area (Å²) in [6.45, 7) is 1.91. The third kappa shape index (κ3) is 3.16. The molecule has 0 saturated carbocycles. The van der Waals surface area contributed by atoms with E-state index in [9.17, 15) is 0 Å². The number of aromatic nitrogens is 3. The van der Waals surface area contributed by atoms with Crippen LogP contribution in [0.5, 0.6) is 0 Å².